The number of carbonyl (C=O) groups excluding carboxylic acids is 2. The van der Waals surface area contributed by atoms with Crippen molar-refractivity contribution in [3.8, 4) is 0 Å². The molecule has 0 atom stereocenters. The number of rotatable bonds is 4. The van der Waals surface area contributed by atoms with Gasteiger partial charge in [-0.15, -0.1) is 0 Å². The van der Waals surface area contributed by atoms with Crippen LogP contribution in [-0.2, 0) is 9.59 Å². The lowest BCUT2D eigenvalue weighted by Crippen LogP contribution is -2.47. The van der Waals surface area contributed by atoms with E-state index in [9.17, 15) is 9.59 Å². The Hall–Kier alpha value is -1.10. The Morgan fingerprint density at radius 1 is 0.923 bits per heavy atom. The van der Waals surface area contributed by atoms with Crippen molar-refractivity contribution in [2.24, 2.45) is 23.0 Å². The van der Waals surface area contributed by atoms with Crippen LogP contribution < -0.4 is 5.73 Å². The van der Waals surface area contributed by atoms with Crippen LogP contribution in [0.5, 0.6) is 0 Å². The quantitative estimate of drug-likeness (QED) is 0.835. The number of amides is 2. The first-order chi connectivity index (χ1) is 12.5. The third-order valence-corrected chi connectivity index (χ3v) is 7.17. The van der Waals surface area contributed by atoms with E-state index >= 15 is 0 Å². The highest BCUT2D eigenvalue weighted by molar-refractivity contribution is 5.80. The summed E-state index contributed by atoms with van der Waals surface area (Å²) in [4.78, 5) is 29.6. The van der Waals surface area contributed by atoms with Crippen LogP contribution in [0.2, 0.25) is 0 Å². The van der Waals surface area contributed by atoms with E-state index in [2.05, 4.69) is 11.8 Å². The number of piperidine rings is 2. The van der Waals surface area contributed by atoms with E-state index in [0.29, 0.717) is 18.9 Å². The zero-order chi connectivity index (χ0) is 18.6. The van der Waals surface area contributed by atoms with Crippen molar-refractivity contribution in [1.82, 2.24) is 9.80 Å². The summed E-state index contributed by atoms with van der Waals surface area (Å²) in [6.45, 7) is 6.20. The SMILES string of the molecule is CC1CCN(C(=O)C2CCN(C(=O)CC3(CN)CCCCC3)CC2)CC1. The van der Waals surface area contributed by atoms with Crippen LogP contribution in [0.4, 0.5) is 0 Å². The van der Waals surface area contributed by atoms with Crippen molar-refractivity contribution >= 4 is 11.8 Å². The summed E-state index contributed by atoms with van der Waals surface area (Å²) in [7, 11) is 0. The molecule has 3 aliphatic rings. The number of hydrogen-bond acceptors (Lipinski definition) is 3. The summed E-state index contributed by atoms with van der Waals surface area (Å²) in [6.07, 6.45) is 10.4. The topological polar surface area (TPSA) is 66.6 Å². The molecule has 1 aliphatic carbocycles. The minimum absolute atomic E-state index is 0.0342. The Bertz CT molecular complexity index is 485. The van der Waals surface area contributed by atoms with E-state index in [-0.39, 0.29) is 17.2 Å². The Kier molecular flexibility index (Phi) is 6.60. The second-order valence-electron chi connectivity index (χ2n) is 9.10. The number of nitrogens with zero attached hydrogens (tertiary/aromatic N) is 2. The van der Waals surface area contributed by atoms with Gasteiger partial charge in [0.05, 0.1) is 0 Å². The maximum absolute atomic E-state index is 12.8. The maximum atomic E-state index is 12.8. The molecule has 0 aromatic carbocycles. The summed E-state index contributed by atoms with van der Waals surface area (Å²) in [5.41, 5.74) is 6.08. The van der Waals surface area contributed by atoms with E-state index < -0.39 is 0 Å². The number of hydrogen-bond donors (Lipinski definition) is 1. The minimum Gasteiger partial charge on any atom is -0.343 e. The molecule has 3 rings (SSSR count). The fourth-order valence-corrected chi connectivity index (χ4v) is 5.05. The highest BCUT2D eigenvalue weighted by Gasteiger charge is 2.36. The molecule has 0 aromatic rings. The first-order valence-electron chi connectivity index (χ1n) is 10.8. The average Bonchev–Trinajstić information content (AvgIpc) is 2.69. The molecule has 5 nitrogen and oxygen atoms in total. The Balaban J connectivity index is 1.47. The highest BCUT2D eigenvalue weighted by Crippen LogP contribution is 2.39. The lowest BCUT2D eigenvalue weighted by atomic mass is 9.71. The molecule has 2 N–H and O–H groups in total. The molecule has 0 bridgehead atoms. The Morgan fingerprint density at radius 2 is 1.50 bits per heavy atom. The van der Waals surface area contributed by atoms with Crippen LogP contribution in [0.15, 0.2) is 0 Å². The maximum Gasteiger partial charge on any atom is 0.225 e. The lowest BCUT2D eigenvalue weighted by Gasteiger charge is -2.40. The standard InChI is InChI=1S/C21H37N3O2/c1-17-5-11-24(12-6-17)20(26)18-7-13-23(14-8-18)19(25)15-21(16-22)9-3-2-4-10-21/h17-18H,2-16,22H2,1H3. The second kappa shape index (κ2) is 8.73. The smallest absolute Gasteiger partial charge is 0.225 e. The highest BCUT2D eigenvalue weighted by atomic mass is 16.2. The van der Waals surface area contributed by atoms with E-state index in [1.807, 2.05) is 4.90 Å². The third-order valence-electron chi connectivity index (χ3n) is 7.17. The predicted octanol–water partition coefficient (Wildman–Crippen LogP) is 2.78. The summed E-state index contributed by atoms with van der Waals surface area (Å²) < 4.78 is 0. The predicted molar refractivity (Wildman–Crippen MR) is 103 cm³/mol. The van der Waals surface area contributed by atoms with Crippen molar-refractivity contribution in [3.05, 3.63) is 0 Å². The first kappa shape index (κ1) is 19.7. The summed E-state index contributed by atoms with van der Waals surface area (Å²) >= 11 is 0. The van der Waals surface area contributed by atoms with Gasteiger partial charge in [0.15, 0.2) is 0 Å². The van der Waals surface area contributed by atoms with E-state index in [1.165, 1.54) is 19.3 Å². The Labute approximate surface area is 158 Å². The van der Waals surface area contributed by atoms with Gasteiger partial charge in [-0.2, -0.15) is 0 Å². The van der Waals surface area contributed by atoms with Gasteiger partial charge >= 0.3 is 0 Å². The third kappa shape index (κ3) is 4.59. The molecule has 0 radical (unpaired) electrons. The van der Waals surface area contributed by atoms with Crippen LogP contribution in [0.1, 0.15) is 71.1 Å². The minimum atomic E-state index is 0.0342. The molecule has 148 valence electrons. The van der Waals surface area contributed by atoms with Gasteiger partial charge in [-0.1, -0.05) is 26.2 Å². The van der Waals surface area contributed by atoms with Gasteiger partial charge in [0, 0.05) is 38.5 Å². The molecular formula is C21H37N3O2. The van der Waals surface area contributed by atoms with Crippen LogP contribution >= 0.6 is 0 Å². The molecule has 3 fully saturated rings. The van der Waals surface area contributed by atoms with Gasteiger partial charge in [0.2, 0.25) is 11.8 Å². The second-order valence-corrected chi connectivity index (χ2v) is 9.10. The molecule has 2 aliphatic heterocycles. The zero-order valence-electron chi connectivity index (χ0n) is 16.5. The normalized spacial score (nSPS) is 25.3. The van der Waals surface area contributed by atoms with E-state index in [0.717, 1.165) is 70.6 Å². The van der Waals surface area contributed by atoms with Crippen molar-refractivity contribution in [1.29, 1.82) is 0 Å². The summed E-state index contributed by atoms with van der Waals surface area (Å²) in [5, 5.41) is 0. The van der Waals surface area contributed by atoms with Gasteiger partial charge in [0.25, 0.3) is 0 Å². The summed E-state index contributed by atoms with van der Waals surface area (Å²) in [6, 6.07) is 0. The van der Waals surface area contributed by atoms with Gasteiger partial charge in [-0.3, -0.25) is 9.59 Å². The number of likely N-dealkylation sites (tertiary alicyclic amines) is 2. The van der Waals surface area contributed by atoms with Gasteiger partial charge in [-0.05, 0) is 56.4 Å². The molecule has 0 unspecified atom stereocenters. The fraction of sp³-hybridized carbons (Fsp3) is 0.905. The van der Waals surface area contributed by atoms with E-state index in [1.54, 1.807) is 0 Å². The first-order valence-corrected chi connectivity index (χ1v) is 10.8. The number of nitrogens with two attached hydrogens (primary N) is 1. The monoisotopic (exact) mass is 363 g/mol. The van der Waals surface area contributed by atoms with Crippen LogP contribution in [0, 0.1) is 17.3 Å². The molecule has 1 saturated carbocycles. The van der Waals surface area contributed by atoms with Gasteiger partial charge < -0.3 is 15.5 Å². The molecule has 5 heteroatoms. The molecule has 0 spiro atoms. The van der Waals surface area contributed by atoms with Crippen LogP contribution in [0.25, 0.3) is 0 Å². The average molecular weight is 364 g/mol. The summed E-state index contributed by atoms with van der Waals surface area (Å²) in [5.74, 6) is 1.45. The van der Waals surface area contributed by atoms with Crippen molar-refractivity contribution in [3.63, 3.8) is 0 Å². The van der Waals surface area contributed by atoms with Crippen molar-refractivity contribution in [2.45, 2.75) is 71.1 Å². The van der Waals surface area contributed by atoms with Crippen LogP contribution in [0.3, 0.4) is 0 Å². The van der Waals surface area contributed by atoms with Crippen molar-refractivity contribution < 1.29 is 9.59 Å². The fourth-order valence-electron chi connectivity index (χ4n) is 5.05. The molecule has 2 heterocycles. The lowest BCUT2D eigenvalue weighted by molar-refractivity contribution is -0.142. The van der Waals surface area contributed by atoms with Crippen LogP contribution in [-0.4, -0.2) is 54.3 Å². The molecule has 2 amide bonds. The zero-order valence-corrected chi connectivity index (χ0v) is 16.5. The largest absolute Gasteiger partial charge is 0.343 e. The van der Waals surface area contributed by atoms with E-state index in [4.69, 9.17) is 5.73 Å². The van der Waals surface area contributed by atoms with Gasteiger partial charge in [-0.25, -0.2) is 0 Å². The number of carbonyl (C=O) groups is 2. The molecule has 0 aromatic heterocycles. The molecule has 2 saturated heterocycles. The van der Waals surface area contributed by atoms with Gasteiger partial charge in [0.1, 0.15) is 0 Å². The molecular weight excluding hydrogens is 326 g/mol. The molecule has 26 heavy (non-hydrogen) atoms. The Morgan fingerprint density at radius 3 is 2.08 bits per heavy atom. The van der Waals surface area contributed by atoms with Crippen molar-refractivity contribution in [2.75, 3.05) is 32.7 Å².